The number of nitrogens with zero attached hydrogens (tertiary/aromatic N) is 1. The molecule has 1 aromatic heterocycles. The predicted molar refractivity (Wildman–Crippen MR) is 82.8 cm³/mol. The highest BCUT2D eigenvalue weighted by molar-refractivity contribution is 6.30. The fraction of sp³-hybridized carbons (Fsp3) is 0.188. The van der Waals surface area contributed by atoms with E-state index in [4.69, 9.17) is 16.7 Å². The third-order valence-electron chi connectivity index (χ3n) is 2.92. The molecule has 104 valence electrons. The Morgan fingerprint density at radius 1 is 1.10 bits per heavy atom. The monoisotopic (exact) mass is 289 g/mol. The van der Waals surface area contributed by atoms with E-state index in [9.17, 15) is 4.79 Å². The molecular weight excluding hydrogens is 274 g/mol. The second kappa shape index (κ2) is 7.08. The summed E-state index contributed by atoms with van der Waals surface area (Å²) in [6.45, 7) is 0.626. The molecule has 0 saturated heterocycles. The van der Waals surface area contributed by atoms with E-state index in [2.05, 4.69) is 0 Å². The van der Waals surface area contributed by atoms with E-state index in [0.29, 0.717) is 18.0 Å². The van der Waals surface area contributed by atoms with Crippen LogP contribution in [0, 0.1) is 0 Å². The second-order valence-corrected chi connectivity index (χ2v) is 4.89. The lowest BCUT2D eigenvalue weighted by atomic mass is 10.1. The van der Waals surface area contributed by atoms with Gasteiger partial charge in [0.15, 0.2) is 0 Å². The molecule has 2 rings (SSSR count). The first-order valence-electron chi connectivity index (χ1n) is 6.44. The molecule has 0 spiro atoms. The first-order chi connectivity index (χ1) is 9.69. The molecule has 0 unspecified atom stereocenters. The largest absolute Gasteiger partial charge is 0.396 e. The van der Waals surface area contributed by atoms with Crippen molar-refractivity contribution in [1.82, 2.24) is 4.57 Å². The van der Waals surface area contributed by atoms with Crippen LogP contribution < -0.4 is 5.56 Å². The van der Waals surface area contributed by atoms with Crippen molar-refractivity contribution in [1.29, 1.82) is 0 Å². The standard InChI is InChI=1S/C16H16ClNO2/c17-15-6-4-13(5-7-15)2-3-14-8-10-18(9-1-11-19)16(20)12-14/h2-8,10,12,19H,1,9,11H2/b3-2+. The van der Waals surface area contributed by atoms with Crippen molar-refractivity contribution in [2.24, 2.45) is 0 Å². The SMILES string of the molecule is O=c1cc(/C=C/c2ccc(Cl)cc2)ccn1CCCO. The van der Waals surface area contributed by atoms with Crippen molar-refractivity contribution in [3.05, 3.63) is 69.1 Å². The quantitative estimate of drug-likeness (QED) is 0.919. The van der Waals surface area contributed by atoms with Crippen LogP contribution >= 0.6 is 11.6 Å². The number of aromatic nitrogens is 1. The van der Waals surface area contributed by atoms with Gasteiger partial charge in [0.1, 0.15) is 0 Å². The van der Waals surface area contributed by atoms with Gasteiger partial charge >= 0.3 is 0 Å². The van der Waals surface area contributed by atoms with Crippen LogP contribution in [0.2, 0.25) is 5.02 Å². The average molecular weight is 290 g/mol. The number of pyridine rings is 1. The van der Waals surface area contributed by atoms with Crippen LogP contribution in [0.15, 0.2) is 47.4 Å². The lowest BCUT2D eigenvalue weighted by Crippen LogP contribution is -2.19. The van der Waals surface area contributed by atoms with Crippen molar-refractivity contribution in [2.45, 2.75) is 13.0 Å². The number of rotatable bonds is 5. The van der Waals surface area contributed by atoms with Gasteiger partial charge in [0.25, 0.3) is 5.56 Å². The Kier molecular flexibility index (Phi) is 5.16. The molecule has 2 aromatic rings. The minimum absolute atomic E-state index is 0.0586. The summed E-state index contributed by atoms with van der Waals surface area (Å²) in [5.41, 5.74) is 1.82. The molecule has 1 heterocycles. The van der Waals surface area contributed by atoms with Gasteiger partial charge in [-0.15, -0.1) is 0 Å². The highest BCUT2D eigenvalue weighted by atomic mass is 35.5. The molecule has 0 aliphatic carbocycles. The number of aryl methyl sites for hydroxylation is 1. The first-order valence-corrected chi connectivity index (χ1v) is 6.82. The highest BCUT2D eigenvalue weighted by Gasteiger charge is 1.96. The Balaban J connectivity index is 2.12. The lowest BCUT2D eigenvalue weighted by molar-refractivity contribution is 0.279. The first kappa shape index (κ1) is 14.6. The maximum Gasteiger partial charge on any atom is 0.251 e. The molecule has 0 amide bonds. The Morgan fingerprint density at radius 3 is 2.45 bits per heavy atom. The van der Waals surface area contributed by atoms with E-state index in [1.807, 2.05) is 42.5 Å². The van der Waals surface area contributed by atoms with E-state index in [0.717, 1.165) is 11.1 Å². The van der Waals surface area contributed by atoms with Crippen LogP contribution in [0.1, 0.15) is 17.5 Å². The summed E-state index contributed by atoms with van der Waals surface area (Å²) in [4.78, 5) is 11.8. The van der Waals surface area contributed by atoms with Crippen molar-refractivity contribution in [2.75, 3.05) is 6.61 Å². The van der Waals surface area contributed by atoms with E-state index in [1.54, 1.807) is 16.8 Å². The Hall–Kier alpha value is -1.84. The van der Waals surface area contributed by atoms with E-state index in [-0.39, 0.29) is 12.2 Å². The summed E-state index contributed by atoms with van der Waals surface area (Å²) < 4.78 is 1.59. The molecule has 0 aliphatic heterocycles. The van der Waals surface area contributed by atoms with Gasteiger partial charge in [-0.05, 0) is 35.7 Å². The second-order valence-electron chi connectivity index (χ2n) is 4.45. The summed E-state index contributed by atoms with van der Waals surface area (Å²) >= 11 is 5.82. The summed E-state index contributed by atoms with van der Waals surface area (Å²) in [5, 5.41) is 9.47. The molecule has 0 saturated carbocycles. The Labute approximate surface area is 122 Å². The number of hydrogen-bond acceptors (Lipinski definition) is 2. The molecule has 4 heteroatoms. The molecule has 20 heavy (non-hydrogen) atoms. The molecule has 0 bridgehead atoms. The van der Waals surface area contributed by atoms with E-state index < -0.39 is 0 Å². The van der Waals surface area contributed by atoms with Crippen molar-refractivity contribution < 1.29 is 5.11 Å². The maximum absolute atomic E-state index is 11.8. The smallest absolute Gasteiger partial charge is 0.251 e. The maximum atomic E-state index is 11.8. The molecule has 1 aromatic carbocycles. The van der Waals surface area contributed by atoms with Crippen LogP contribution in [0.3, 0.4) is 0 Å². The number of hydrogen-bond donors (Lipinski definition) is 1. The van der Waals surface area contributed by atoms with Crippen LogP contribution in [-0.4, -0.2) is 16.3 Å². The van der Waals surface area contributed by atoms with Gasteiger partial charge in [0, 0.05) is 30.4 Å². The van der Waals surface area contributed by atoms with E-state index in [1.165, 1.54) is 0 Å². The van der Waals surface area contributed by atoms with Crippen LogP contribution in [-0.2, 0) is 6.54 Å². The van der Waals surface area contributed by atoms with Crippen molar-refractivity contribution in [3.63, 3.8) is 0 Å². The Bertz CT molecular complexity index is 644. The van der Waals surface area contributed by atoms with Gasteiger partial charge in [-0.25, -0.2) is 0 Å². The molecular formula is C16H16ClNO2. The van der Waals surface area contributed by atoms with Crippen LogP contribution in [0.25, 0.3) is 12.2 Å². The number of aliphatic hydroxyl groups excluding tert-OH is 1. The van der Waals surface area contributed by atoms with Gasteiger partial charge in [0.05, 0.1) is 0 Å². The lowest BCUT2D eigenvalue weighted by Gasteiger charge is -2.04. The summed E-state index contributed by atoms with van der Waals surface area (Å²) in [6.07, 6.45) is 6.16. The third-order valence-corrected chi connectivity index (χ3v) is 3.17. The molecule has 0 atom stereocenters. The van der Waals surface area contributed by atoms with Crippen molar-refractivity contribution in [3.8, 4) is 0 Å². The van der Waals surface area contributed by atoms with Gasteiger partial charge in [0.2, 0.25) is 0 Å². The fourth-order valence-electron chi connectivity index (χ4n) is 1.82. The van der Waals surface area contributed by atoms with Gasteiger partial charge in [-0.2, -0.15) is 0 Å². The van der Waals surface area contributed by atoms with E-state index >= 15 is 0 Å². The topological polar surface area (TPSA) is 42.2 Å². The normalized spacial score (nSPS) is 11.1. The minimum Gasteiger partial charge on any atom is -0.396 e. The van der Waals surface area contributed by atoms with Gasteiger partial charge < -0.3 is 9.67 Å². The molecule has 1 N–H and O–H groups in total. The Morgan fingerprint density at radius 2 is 1.80 bits per heavy atom. The van der Waals surface area contributed by atoms with Gasteiger partial charge in [-0.3, -0.25) is 4.79 Å². The zero-order valence-electron chi connectivity index (χ0n) is 11.0. The summed E-state index contributed by atoms with van der Waals surface area (Å²) in [5.74, 6) is 0. The zero-order valence-corrected chi connectivity index (χ0v) is 11.8. The molecule has 0 aliphatic rings. The number of halogens is 1. The number of benzene rings is 1. The summed E-state index contributed by atoms with van der Waals surface area (Å²) in [6, 6.07) is 11.0. The third kappa shape index (κ3) is 4.08. The summed E-state index contributed by atoms with van der Waals surface area (Å²) in [7, 11) is 0. The van der Waals surface area contributed by atoms with Crippen LogP contribution in [0.5, 0.6) is 0 Å². The predicted octanol–water partition coefficient (Wildman–Crippen LogP) is 3.05. The molecule has 0 radical (unpaired) electrons. The van der Waals surface area contributed by atoms with Gasteiger partial charge in [-0.1, -0.05) is 35.9 Å². The van der Waals surface area contributed by atoms with Crippen LogP contribution in [0.4, 0.5) is 0 Å². The fourth-order valence-corrected chi connectivity index (χ4v) is 1.94. The van der Waals surface area contributed by atoms with Crippen molar-refractivity contribution >= 4 is 23.8 Å². The zero-order chi connectivity index (χ0) is 14.4. The molecule has 0 fully saturated rings. The minimum atomic E-state index is -0.0586. The highest BCUT2D eigenvalue weighted by Crippen LogP contribution is 2.12. The number of aliphatic hydroxyl groups is 1. The molecule has 3 nitrogen and oxygen atoms in total. The average Bonchev–Trinajstić information content (AvgIpc) is 2.46.